The van der Waals surface area contributed by atoms with E-state index in [4.69, 9.17) is 0 Å². The third kappa shape index (κ3) is 1.58. The molecule has 2 aliphatic rings. The lowest BCUT2D eigenvalue weighted by Crippen LogP contribution is -2.42. The first-order valence-electron chi connectivity index (χ1n) is 5.12. The van der Waals surface area contributed by atoms with Crippen molar-refractivity contribution in [2.45, 2.75) is 51.0 Å². The van der Waals surface area contributed by atoms with Crippen LogP contribution in [0.5, 0.6) is 0 Å². The van der Waals surface area contributed by atoms with Gasteiger partial charge in [-0.1, -0.05) is 11.1 Å². The van der Waals surface area contributed by atoms with Crippen molar-refractivity contribution in [3.05, 3.63) is 11.1 Å². The second-order valence-corrected chi connectivity index (χ2v) is 4.52. The third-order valence-electron chi connectivity index (χ3n) is 3.56. The number of hydrogen-bond acceptors (Lipinski definition) is 1. The Morgan fingerprint density at radius 3 is 2.00 bits per heavy atom. The van der Waals surface area contributed by atoms with Crippen LogP contribution in [0.1, 0.15) is 45.4 Å². The Balaban J connectivity index is 1.97. The second kappa shape index (κ2) is 2.92. The van der Waals surface area contributed by atoms with Gasteiger partial charge in [0.1, 0.15) is 0 Å². The summed E-state index contributed by atoms with van der Waals surface area (Å²) in [7, 11) is 2.09. The van der Waals surface area contributed by atoms with Gasteiger partial charge in [0.15, 0.2) is 7.98 Å². The summed E-state index contributed by atoms with van der Waals surface area (Å²) in [4.78, 5) is 0. The molecule has 0 unspecified atom stereocenters. The van der Waals surface area contributed by atoms with Crippen molar-refractivity contribution in [1.29, 1.82) is 0 Å². The van der Waals surface area contributed by atoms with Crippen LogP contribution in [0.4, 0.5) is 0 Å². The molecule has 1 nitrogen and oxygen atoms in total. The summed E-state index contributed by atoms with van der Waals surface area (Å²) in [6, 6.07) is 0. The summed E-state index contributed by atoms with van der Waals surface area (Å²) < 4.78 is 0. The van der Waals surface area contributed by atoms with E-state index in [-0.39, 0.29) is 0 Å². The molecule has 0 amide bonds. The van der Waals surface area contributed by atoms with Gasteiger partial charge in [0, 0.05) is 5.54 Å². The fourth-order valence-electron chi connectivity index (χ4n) is 2.12. The predicted molar refractivity (Wildman–Crippen MR) is 54.8 cm³/mol. The van der Waals surface area contributed by atoms with Crippen molar-refractivity contribution in [2.75, 3.05) is 0 Å². The van der Waals surface area contributed by atoms with Crippen LogP contribution in [0.25, 0.3) is 0 Å². The molecule has 0 aromatic heterocycles. The summed E-state index contributed by atoms with van der Waals surface area (Å²) in [5.41, 5.74) is 4.01. The minimum atomic E-state index is 0.430. The molecule has 0 spiro atoms. The quantitative estimate of drug-likeness (QED) is 0.456. The lowest BCUT2D eigenvalue weighted by molar-refractivity contribution is 0.335. The minimum absolute atomic E-state index is 0.430. The highest BCUT2D eigenvalue weighted by atomic mass is 14.9. The summed E-state index contributed by atoms with van der Waals surface area (Å²) in [6.07, 6.45) is 8.20. The molecule has 0 radical (unpaired) electrons. The lowest BCUT2D eigenvalue weighted by atomic mass is 9.79. The zero-order valence-corrected chi connectivity index (χ0v) is 8.24. The molecule has 2 saturated carbocycles. The molecular weight excluding hydrogens is 145 g/mol. The summed E-state index contributed by atoms with van der Waals surface area (Å²) in [5, 5.41) is 3.44. The Morgan fingerprint density at radius 1 is 1.08 bits per heavy atom. The van der Waals surface area contributed by atoms with Crippen molar-refractivity contribution in [3.63, 3.8) is 0 Å². The van der Waals surface area contributed by atoms with Gasteiger partial charge >= 0.3 is 0 Å². The first-order valence-corrected chi connectivity index (χ1v) is 5.12. The molecule has 0 aromatic rings. The second-order valence-electron chi connectivity index (χ2n) is 4.52. The van der Waals surface area contributed by atoms with Crippen LogP contribution in [0.15, 0.2) is 11.1 Å². The van der Waals surface area contributed by atoms with Gasteiger partial charge in [-0.15, -0.1) is 0 Å². The topological polar surface area (TPSA) is 12.0 Å². The van der Waals surface area contributed by atoms with E-state index in [2.05, 4.69) is 20.1 Å². The van der Waals surface area contributed by atoms with Gasteiger partial charge in [0.25, 0.3) is 0 Å². The maximum atomic E-state index is 3.44. The van der Waals surface area contributed by atoms with Crippen LogP contribution in [-0.2, 0) is 0 Å². The van der Waals surface area contributed by atoms with Crippen LogP contribution >= 0.6 is 0 Å². The molecule has 2 heteroatoms. The zero-order valence-electron chi connectivity index (χ0n) is 8.24. The van der Waals surface area contributed by atoms with Crippen LogP contribution in [0.3, 0.4) is 0 Å². The van der Waals surface area contributed by atoms with Gasteiger partial charge in [-0.25, -0.2) is 0 Å². The van der Waals surface area contributed by atoms with E-state index < -0.39 is 0 Å². The summed E-state index contributed by atoms with van der Waals surface area (Å²) >= 11 is 0. The number of nitrogens with one attached hydrogen (secondary N) is 1. The Bertz CT molecular complexity index is 204. The van der Waals surface area contributed by atoms with Gasteiger partial charge < -0.3 is 5.23 Å². The van der Waals surface area contributed by atoms with Gasteiger partial charge in [0.05, 0.1) is 0 Å². The maximum Gasteiger partial charge on any atom is 0.182 e. The van der Waals surface area contributed by atoms with Crippen LogP contribution < -0.4 is 5.23 Å². The highest BCUT2D eigenvalue weighted by Crippen LogP contribution is 2.40. The molecule has 0 heterocycles. The number of hydrogen-bond donors (Lipinski definition) is 1. The van der Waals surface area contributed by atoms with E-state index in [0.29, 0.717) is 5.54 Å². The van der Waals surface area contributed by atoms with E-state index in [1.807, 2.05) is 0 Å². The van der Waals surface area contributed by atoms with Crippen LogP contribution in [0.2, 0.25) is 0 Å². The minimum Gasteiger partial charge on any atom is -0.357 e. The average Bonchev–Trinajstić information content (AvgIpc) is 2.89. The molecule has 0 saturated heterocycles. The maximum absolute atomic E-state index is 3.44. The lowest BCUT2D eigenvalue weighted by Gasteiger charge is -2.35. The van der Waals surface area contributed by atoms with Gasteiger partial charge in [-0.05, 0) is 45.4 Å². The first-order chi connectivity index (χ1) is 5.73. The molecule has 12 heavy (non-hydrogen) atoms. The molecule has 66 valence electrons. The Kier molecular flexibility index (Phi) is 2.03. The molecule has 2 rings (SSSR count). The van der Waals surface area contributed by atoms with E-state index >= 15 is 0 Å². The predicted octanol–water partition coefficient (Wildman–Crippen LogP) is 1.55. The van der Waals surface area contributed by atoms with Crippen molar-refractivity contribution >= 4 is 7.98 Å². The van der Waals surface area contributed by atoms with Crippen LogP contribution in [0, 0.1) is 0 Å². The van der Waals surface area contributed by atoms with E-state index in [1.165, 1.54) is 38.5 Å². The van der Waals surface area contributed by atoms with Crippen molar-refractivity contribution in [3.8, 4) is 0 Å². The molecule has 0 aromatic carbocycles. The normalized spacial score (nSPS) is 35.4. The Hall–Kier alpha value is -0.235. The number of rotatable bonds is 1. The summed E-state index contributed by atoms with van der Waals surface area (Å²) in [5.74, 6) is 0. The Labute approximate surface area is 76.0 Å². The van der Waals surface area contributed by atoms with Gasteiger partial charge in [-0.2, -0.15) is 0 Å². The van der Waals surface area contributed by atoms with Crippen LogP contribution in [-0.4, -0.2) is 13.5 Å². The number of allylic oxidation sites excluding steroid dienone is 2. The van der Waals surface area contributed by atoms with E-state index in [1.54, 1.807) is 11.1 Å². The van der Waals surface area contributed by atoms with Gasteiger partial charge in [0.2, 0.25) is 0 Å². The molecular formula is C10H18BN. The Morgan fingerprint density at radius 2 is 1.58 bits per heavy atom. The van der Waals surface area contributed by atoms with E-state index in [9.17, 15) is 0 Å². The smallest absolute Gasteiger partial charge is 0.182 e. The van der Waals surface area contributed by atoms with Gasteiger partial charge in [-0.3, -0.25) is 0 Å². The fourth-order valence-corrected chi connectivity index (χ4v) is 2.12. The molecule has 0 aliphatic heterocycles. The molecule has 1 N–H and O–H groups in total. The SMILES string of the molecule is BNC1(C)CCC(=C2CC2)CC1. The summed E-state index contributed by atoms with van der Waals surface area (Å²) in [6.45, 7) is 2.35. The molecule has 2 fully saturated rings. The largest absolute Gasteiger partial charge is 0.357 e. The van der Waals surface area contributed by atoms with Crippen molar-refractivity contribution < 1.29 is 0 Å². The molecule has 0 atom stereocenters. The first kappa shape index (κ1) is 8.37. The monoisotopic (exact) mass is 163 g/mol. The highest BCUT2D eigenvalue weighted by molar-refractivity contribution is 6.04. The third-order valence-corrected chi connectivity index (χ3v) is 3.56. The van der Waals surface area contributed by atoms with Crippen molar-refractivity contribution in [2.24, 2.45) is 0 Å². The highest BCUT2D eigenvalue weighted by Gasteiger charge is 2.29. The average molecular weight is 163 g/mol. The molecule has 0 bridgehead atoms. The fraction of sp³-hybridized carbons (Fsp3) is 0.800. The zero-order chi connectivity index (χ0) is 8.60. The van der Waals surface area contributed by atoms with E-state index in [0.717, 1.165) is 0 Å². The standard InChI is InChI=1S/C10H18BN/c1-10(12-11)6-4-9(5-7-10)8-2-3-8/h12H,2-7,11H2,1H3. The molecule has 2 aliphatic carbocycles. The van der Waals surface area contributed by atoms with Crippen molar-refractivity contribution in [1.82, 2.24) is 5.23 Å².